The van der Waals surface area contributed by atoms with E-state index in [4.69, 9.17) is 0 Å². The van der Waals surface area contributed by atoms with E-state index < -0.39 is 0 Å². The number of nitrogens with one attached hydrogen (secondary N) is 1. The molecule has 0 saturated carbocycles. The third kappa shape index (κ3) is 3.85. The zero-order valence-electron chi connectivity index (χ0n) is 15.9. The van der Waals surface area contributed by atoms with Gasteiger partial charge in [-0.1, -0.05) is 23.6 Å². The van der Waals surface area contributed by atoms with Crippen LogP contribution in [0.3, 0.4) is 0 Å². The van der Waals surface area contributed by atoms with Gasteiger partial charge in [-0.3, -0.25) is 4.79 Å². The van der Waals surface area contributed by atoms with Crippen molar-refractivity contribution in [3.8, 4) is 11.8 Å². The molecule has 4 aromatic rings. The molecule has 0 aliphatic carbocycles. The van der Waals surface area contributed by atoms with Gasteiger partial charge in [0.2, 0.25) is 0 Å². The molecule has 1 amide bonds. The van der Waals surface area contributed by atoms with Crippen LogP contribution in [0.15, 0.2) is 60.9 Å². The monoisotopic (exact) mass is 384 g/mol. The first kappa shape index (κ1) is 18.4. The van der Waals surface area contributed by atoms with Crippen LogP contribution in [0.2, 0.25) is 0 Å². The Labute approximate surface area is 167 Å². The van der Waals surface area contributed by atoms with E-state index in [0.29, 0.717) is 33.7 Å². The summed E-state index contributed by atoms with van der Waals surface area (Å²) in [7, 11) is 1.77. The summed E-state index contributed by atoms with van der Waals surface area (Å²) < 4.78 is 14.8. The molecule has 2 aromatic carbocycles. The fourth-order valence-corrected chi connectivity index (χ4v) is 2.95. The van der Waals surface area contributed by atoms with Crippen molar-refractivity contribution in [2.24, 2.45) is 7.05 Å². The molecule has 29 heavy (non-hydrogen) atoms. The molecule has 0 spiro atoms. The minimum atomic E-state index is -0.313. The number of carbonyl (C=O) groups excluding carboxylic acids is 1. The number of aromatic nitrogens is 3. The summed E-state index contributed by atoms with van der Waals surface area (Å²) in [5.41, 5.74) is 4.07. The van der Waals surface area contributed by atoms with E-state index in [1.807, 2.05) is 31.2 Å². The summed E-state index contributed by atoms with van der Waals surface area (Å²) >= 11 is 0. The number of aryl methyl sites for hydroxylation is 2. The minimum absolute atomic E-state index is 0.244. The maximum absolute atomic E-state index is 13.0. The number of rotatable bonds is 2. The van der Waals surface area contributed by atoms with Gasteiger partial charge in [0.1, 0.15) is 29.2 Å². The van der Waals surface area contributed by atoms with Gasteiger partial charge in [0.25, 0.3) is 5.91 Å². The SMILES string of the molecule is Cc1ccc(NC(=O)c2cc3c(C#Cc4ccc(F)cc4)ncnc3n2C)cc1. The fourth-order valence-electron chi connectivity index (χ4n) is 2.95. The fraction of sp³-hybridized carbons (Fsp3) is 0.0870. The number of hydrogen-bond acceptors (Lipinski definition) is 3. The van der Waals surface area contributed by atoms with Crippen molar-refractivity contribution in [1.29, 1.82) is 0 Å². The summed E-state index contributed by atoms with van der Waals surface area (Å²) in [5, 5.41) is 3.57. The van der Waals surface area contributed by atoms with E-state index in [-0.39, 0.29) is 11.7 Å². The molecule has 0 aliphatic heterocycles. The highest BCUT2D eigenvalue weighted by atomic mass is 19.1. The van der Waals surface area contributed by atoms with Crippen LogP contribution >= 0.6 is 0 Å². The quantitative estimate of drug-likeness (QED) is 0.530. The molecule has 0 unspecified atom stereocenters. The smallest absolute Gasteiger partial charge is 0.272 e. The third-order valence-corrected chi connectivity index (χ3v) is 4.53. The van der Waals surface area contributed by atoms with Gasteiger partial charge in [-0.25, -0.2) is 14.4 Å². The van der Waals surface area contributed by atoms with Crippen LogP contribution in [-0.4, -0.2) is 20.4 Å². The molecule has 0 saturated heterocycles. The van der Waals surface area contributed by atoms with Crippen LogP contribution < -0.4 is 5.32 Å². The largest absolute Gasteiger partial charge is 0.324 e. The van der Waals surface area contributed by atoms with Crippen LogP contribution in [0.25, 0.3) is 11.0 Å². The van der Waals surface area contributed by atoms with Gasteiger partial charge in [0.05, 0.1) is 5.39 Å². The molecular weight excluding hydrogens is 367 g/mol. The standard InChI is InChI=1S/C23H17FN4O/c1-15-3-10-18(11-4-15)27-23(29)21-13-19-20(25-14-26-22(19)28(21)2)12-7-16-5-8-17(24)9-6-16/h3-6,8-11,13-14H,1-2H3,(H,27,29). The molecule has 0 radical (unpaired) electrons. The second-order valence-corrected chi connectivity index (χ2v) is 6.63. The minimum Gasteiger partial charge on any atom is -0.324 e. The molecule has 0 fully saturated rings. The lowest BCUT2D eigenvalue weighted by Crippen LogP contribution is -2.15. The van der Waals surface area contributed by atoms with E-state index >= 15 is 0 Å². The Balaban J connectivity index is 1.68. The van der Waals surface area contributed by atoms with Crippen molar-refractivity contribution in [2.75, 3.05) is 5.32 Å². The van der Waals surface area contributed by atoms with E-state index in [1.54, 1.807) is 29.8 Å². The number of halogens is 1. The zero-order chi connectivity index (χ0) is 20.4. The Morgan fingerprint density at radius 1 is 1.03 bits per heavy atom. The van der Waals surface area contributed by atoms with Crippen molar-refractivity contribution in [1.82, 2.24) is 14.5 Å². The summed E-state index contributed by atoms with van der Waals surface area (Å²) in [6.07, 6.45) is 1.42. The van der Waals surface area contributed by atoms with Crippen LogP contribution in [0.1, 0.15) is 27.3 Å². The molecular formula is C23H17FN4O. The first-order valence-corrected chi connectivity index (χ1v) is 8.97. The van der Waals surface area contributed by atoms with E-state index in [9.17, 15) is 9.18 Å². The summed E-state index contributed by atoms with van der Waals surface area (Å²) in [6, 6.07) is 15.2. The molecule has 142 valence electrons. The van der Waals surface area contributed by atoms with Gasteiger partial charge in [-0.2, -0.15) is 0 Å². The van der Waals surface area contributed by atoms with Gasteiger partial charge < -0.3 is 9.88 Å². The van der Waals surface area contributed by atoms with E-state index in [2.05, 4.69) is 27.1 Å². The predicted octanol–water partition coefficient (Wildman–Crippen LogP) is 4.07. The highest BCUT2D eigenvalue weighted by Crippen LogP contribution is 2.20. The van der Waals surface area contributed by atoms with Gasteiger partial charge in [0.15, 0.2) is 0 Å². The normalized spacial score (nSPS) is 10.4. The molecule has 2 heterocycles. The Hall–Kier alpha value is -3.98. The number of hydrogen-bond donors (Lipinski definition) is 1. The summed E-state index contributed by atoms with van der Waals surface area (Å²) in [6.45, 7) is 1.99. The lowest BCUT2D eigenvalue weighted by molar-refractivity contribution is 0.101. The van der Waals surface area contributed by atoms with Crippen LogP contribution in [-0.2, 0) is 7.05 Å². The second-order valence-electron chi connectivity index (χ2n) is 6.63. The average Bonchev–Trinajstić information content (AvgIpc) is 3.07. The number of carbonyl (C=O) groups is 1. The predicted molar refractivity (Wildman–Crippen MR) is 110 cm³/mol. The van der Waals surface area contributed by atoms with Crippen molar-refractivity contribution in [2.45, 2.75) is 6.92 Å². The Morgan fingerprint density at radius 2 is 1.76 bits per heavy atom. The van der Waals surface area contributed by atoms with Crippen molar-refractivity contribution in [3.05, 3.63) is 89.3 Å². The molecule has 5 nitrogen and oxygen atoms in total. The van der Waals surface area contributed by atoms with Crippen molar-refractivity contribution in [3.63, 3.8) is 0 Å². The number of nitrogens with zero attached hydrogens (tertiary/aromatic N) is 3. The summed E-state index contributed by atoms with van der Waals surface area (Å²) in [4.78, 5) is 21.3. The molecule has 4 rings (SSSR count). The number of anilines is 1. The number of amides is 1. The molecule has 0 atom stereocenters. The third-order valence-electron chi connectivity index (χ3n) is 4.53. The second kappa shape index (κ2) is 7.56. The first-order chi connectivity index (χ1) is 14.0. The molecule has 0 aliphatic rings. The number of benzene rings is 2. The maximum atomic E-state index is 13.0. The highest BCUT2D eigenvalue weighted by molar-refractivity contribution is 6.06. The Kier molecular flexibility index (Phi) is 4.80. The van der Waals surface area contributed by atoms with Crippen molar-refractivity contribution >= 4 is 22.6 Å². The number of fused-ring (bicyclic) bond motifs is 1. The molecule has 1 N–H and O–H groups in total. The Bertz CT molecular complexity index is 1260. The topological polar surface area (TPSA) is 59.8 Å². The first-order valence-electron chi connectivity index (χ1n) is 8.97. The van der Waals surface area contributed by atoms with E-state index in [0.717, 1.165) is 5.56 Å². The summed E-state index contributed by atoms with van der Waals surface area (Å²) in [5.74, 6) is 5.40. The maximum Gasteiger partial charge on any atom is 0.272 e. The zero-order valence-corrected chi connectivity index (χ0v) is 15.9. The molecule has 2 aromatic heterocycles. The van der Waals surface area contributed by atoms with Gasteiger partial charge in [-0.05, 0) is 55.3 Å². The van der Waals surface area contributed by atoms with Gasteiger partial charge >= 0.3 is 0 Å². The molecule has 0 bridgehead atoms. The van der Waals surface area contributed by atoms with Crippen molar-refractivity contribution < 1.29 is 9.18 Å². The average molecular weight is 384 g/mol. The van der Waals surface area contributed by atoms with E-state index in [1.165, 1.54) is 18.5 Å². The van der Waals surface area contributed by atoms with Gasteiger partial charge in [-0.15, -0.1) is 0 Å². The van der Waals surface area contributed by atoms with Crippen LogP contribution in [0.4, 0.5) is 10.1 Å². The lowest BCUT2D eigenvalue weighted by atomic mass is 10.2. The lowest BCUT2D eigenvalue weighted by Gasteiger charge is -2.06. The molecule has 6 heteroatoms. The van der Waals surface area contributed by atoms with Crippen LogP contribution in [0.5, 0.6) is 0 Å². The van der Waals surface area contributed by atoms with Crippen LogP contribution in [0, 0.1) is 24.6 Å². The van der Waals surface area contributed by atoms with Gasteiger partial charge in [0, 0.05) is 18.3 Å². The Morgan fingerprint density at radius 3 is 2.48 bits per heavy atom. The highest BCUT2D eigenvalue weighted by Gasteiger charge is 2.16.